The molecule has 74 valence electrons. The lowest BCUT2D eigenvalue weighted by atomic mass is 9.88. The van der Waals surface area contributed by atoms with Gasteiger partial charge in [0.25, 0.3) is 0 Å². The van der Waals surface area contributed by atoms with Crippen molar-refractivity contribution in [1.82, 2.24) is 0 Å². The predicted molar refractivity (Wildman–Crippen MR) is 49.0 cm³/mol. The summed E-state index contributed by atoms with van der Waals surface area (Å²) in [7, 11) is 0. The maximum Gasteiger partial charge on any atom is 0.141 e. The monoisotopic (exact) mass is 183 g/mol. The first-order chi connectivity index (χ1) is 6.26. The number of nitriles is 1. The Morgan fingerprint density at radius 1 is 1.46 bits per heavy atom. The van der Waals surface area contributed by atoms with E-state index in [9.17, 15) is 0 Å². The second-order valence-corrected chi connectivity index (χ2v) is 3.73. The summed E-state index contributed by atoms with van der Waals surface area (Å²) in [6.45, 7) is 2.07. The van der Waals surface area contributed by atoms with Gasteiger partial charge in [-0.15, -0.1) is 0 Å². The molecule has 1 aliphatic carbocycles. The van der Waals surface area contributed by atoms with E-state index in [1.807, 2.05) is 0 Å². The molecule has 1 fully saturated rings. The van der Waals surface area contributed by atoms with Gasteiger partial charge < -0.3 is 9.84 Å². The number of nitrogens with zero attached hydrogens (tertiary/aromatic N) is 1. The summed E-state index contributed by atoms with van der Waals surface area (Å²) in [5.41, 5.74) is 0. The van der Waals surface area contributed by atoms with E-state index in [0.717, 1.165) is 25.7 Å². The fourth-order valence-electron chi connectivity index (χ4n) is 1.77. The van der Waals surface area contributed by atoms with Gasteiger partial charge in [0.15, 0.2) is 0 Å². The lowest BCUT2D eigenvalue weighted by Crippen LogP contribution is -2.26. The summed E-state index contributed by atoms with van der Waals surface area (Å²) in [5, 5.41) is 17.5. The van der Waals surface area contributed by atoms with Crippen LogP contribution in [0.1, 0.15) is 32.6 Å². The van der Waals surface area contributed by atoms with Crippen molar-refractivity contribution in [3.63, 3.8) is 0 Å². The quantitative estimate of drug-likeness (QED) is 0.720. The predicted octanol–water partition coefficient (Wildman–Crippen LogP) is 1.47. The van der Waals surface area contributed by atoms with Crippen molar-refractivity contribution in [1.29, 1.82) is 5.26 Å². The van der Waals surface area contributed by atoms with Gasteiger partial charge in [0.05, 0.1) is 12.2 Å². The van der Waals surface area contributed by atoms with Crippen LogP contribution in [0.15, 0.2) is 0 Å². The molecule has 0 radical (unpaired) electrons. The molecule has 13 heavy (non-hydrogen) atoms. The highest BCUT2D eigenvalue weighted by Crippen LogP contribution is 2.26. The summed E-state index contributed by atoms with van der Waals surface area (Å²) in [5.74, 6) is 0.456. The third-order valence-electron chi connectivity index (χ3n) is 2.63. The zero-order valence-electron chi connectivity index (χ0n) is 8.07. The molecular weight excluding hydrogens is 166 g/mol. The van der Waals surface area contributed by atoms with Gasteiger partial charge in [-0.2, -0.15) is 5.26 Å². The number of hydrogen-bond donors (Lipinski definition) is 1. The molecule has 1 atom stereocenters. The molecule has 0 aromatic rings. The zero-order chi connectivity index (χ0) is 9.68. The van der Waals surface area contributed by atoms with Crippen LogP contribution in [0.3, 0.4) is 0 Å². The Balaban J connectivity index is 2.22. The van der Waals surface area contributed by atoms with E-state index >= 15 is 0 Å². The number of rotatable bonds is 3. The Morgan fingerprint density at radius 2 is 2.08 bits per heavy atom. The minimum absolute atomic E-state index is 0.234. The maximum absolute atomic E-state index is 8.91. The van der Waals surface area contributed by atoms with Crippen molar-refractivity contribution >= 4 is 0 Å². The van der Waals surface area contributed by atoms with Crippen LogP contribution in [0.25, 0.3) is 0 Å². The van der Waals surface area contributed by atoms with Crippen LogP contribution >= 0.6 is 0 Å². The Kier molecular flexibility index (Phi) is 4.20. The molecule has 0 bridgehead atoms. The van der Waals surface area contributed by atoms with E-state index < -0.39 is 0 Å². The highest BCUT2D eigenvalue weighted by atomic mass is 16.5. The van der Waals surface area contributed by atoms with E-state index in [1.165, 1.54) is 0 Å². The third-order valence-corrected chi connectivity index (χ3v) is 2.63. The second kappa shape index (κ2) is 5.21. The average molecular weight is 183 g/mol. The van der Waals surface area contributed by atoms with Gasteiger partial charge in [0, 0.05) is 6.61 Å². The molecule has 3 heteroatoms. The lowest BCUT2D eigenvalue weighted by Gasteiger charge is -2.27. The molecule has 0 heterocycles. The fourth-order valence-corrected chi connectivity index (χ4v) is 1.77. The minimum atomic E-state index is -0.296. The maximum atomic E-state index is 8.91. The van der Waals surface area contributed by atoms with Crippen molar-refractivity contribution in [2.75, 3.05) is 6.61 Å². The van der Waals surface area contributed by atoms with Crippen LogP contribution in [0, 0.1) is 17.2 Å². The Hall–Kier alpha value is -0.590. The summed E-state index contributed by atoms with van der Waals surface area (Å²) < 4.78 is 5.49. The van der Waals surface area contributed by atoms with Gasteiger partial charge in [-0.1, -0.05) is 0 Å². The number of aliphatic hydroxyl groups is 1. The van der Waals surface area contributed by atoms with Crippen molar-refractivity contribution in [3.8, 4) is 6.07 Å². The van der Waals surface area contributed by atoms with E-state index in [1.54, 1.807) is 6.92 Å². The first-order valence-corrected chi connectivity index (χ1v) is 4.92. The number of hydrogen-bond acceptors (Lipinski definition) is 3. The fraction of sp³-hybridized carbons (Fsp3) is 0.900. The minimum Gasteiger partial charge on any atom is -0.396 e. The highest BCUT2D eigenvalue weighted by Gasteiger charge is 2.22. The zero-order valence-corrected chi connectivity index (χ0v) is 8.07. The van der Waals surface area contributed by atoms with E-state index in [2.05, 4.69) is 6.07 Å². The molecule has 3 nitrogen and oxygen atoms in total. The van der Waals surface area contributed by atoms with Crippen LogP contribution in [-0.4, -0.2) is 23.9 Å². The van der Waals surface area contributed by atoms with Crippen LogP contribution in [0.2, 0.25) is 0 Å². The van der Waals surface area contributed by atoms with Crippen molar-refractivity contribution in [3.05, 3.63) is 0 Å². The molecule has 0 aromatic heterocycles. The van der Waals surface area contributed by atoms with Crippen molar-refractivity contribution in [2.45, 2.75) is 44.8 Å². The van der Waals surface area contributed by atoms with Crippen LogP contribution in [0.5, 0.6) is 0 Å². The Bertz CT molecular complexity index is 180. The smallest absolute Gasteiger partial charge is 0.141 e. The molecule has 1 rings (SSSR count). The first kappa shape index (κ1) is 10.5. The molecular formula is C10H17NO2. The number of aliphatic hydroxyl groups excluding tert-OH is 1. The molecule has 1 aliphatic rings. The van der Waals surface area contributed by atoms with Gasteiger partial charge in [0.1, 0.15) is 6.10 Å². The lowest BCUT2D eigenvalue weighted by molar-refractivity contribution is -0.00921. The first-order valence-electron chi connectivity index (χ1n) is 4.92. The topological polar surface area (TPSA) is 53.2 Å². The third kappa shape index (κ3) is 3.33. The van der Waals surface area contributed by atoms with Gasteiger partial charge >= 0.3 is 0 Å². The standard InChI is InChI=1S/C10H17NO2/c1-8(6-11)13-10-4-2-9(7-12)3-5-10/h8-10,12H,2-5,7H2,1H3. The molecule has 0 aromatic carbocycles. The van der Waals surface area contributed by atoms with Gasteiger partial charge in [0.2, 0.25) is 0 Å². The number of ether oxygens (including phenoxy) is 1. The van der Waals surface area contributed by atoms with E-state index in [0.29, 0.717) is 12.5 Å². The van der Waals surface area contributed by atoms with Crippen LogP contribution in [0.4, 0.5) is 0 Å². The molecule has 1 saturated carbocycles. The van der Waals surface area contributed by atoms with Crippen LogP contribution < -0.4 is 0 Å². The summed E-state index contributed by atoms with van der Waals surface area (Å²) in [6.07, 6.45) is 3.96. The SMILES string of the molecule is CC(C#N)OC1CCC(CO)CC1. The van der Waals surface area contributed by atoms with Gasteiger partial charge in [-0.25, -0.2) is 0 Å². The summed E-state index contributed by atoms with van der Waals surface area (Å²) in [6, 6.07) is 2.07. The second-order valence-electron chi connectivity index (χ2n) is 3.73. The Morgan fingerprint density at radius 3 is 2.54 bits per heavy atom. The molecule has 0 spiro atoms. The van der Waals surface area contributed by atoms with E-state index in [4.69, 9.17) is 15.1 Å². The molecule has 1 unspecified atom stereocenters. The van der Waals surface area contributed by atoms with Crippen molar-refractivity contribution < 1.29 is 9.84 Å². The van der Waals surface area contributed by atoms with E-state index in [-0.39, 0.29) is 12.2 Å². The summed E-state index contributed by atoms with van der Waals surface area (Å²) >= 11 is 0. The van der Waals surface area contributed by atoms with Crippen molar-refractivity contribution in [2.24, 2.45) is 5.92 Å². The largest absolute Gasteiger partial charge is 0.396 e. The Labute approximate surface area is 79.3 Å². The normalized spacial score (nSPS) is 30.8. The van der Waals surface area contributed by atoms with Gasteiger partial charge in [-0.05, 0) is 38.5 Å². The average Bonchev–Trinajstić information content (AvgIpc) is 2.19. The summed E-state index contributed by atoms with van der Waals surface area (Å²) in [4.78, 5) is 0. The molecule has 0 amide bonds. The van der Waals surface area contributed by atoms with Crippen LogP contribution in [-0.2, 0) is 4.74 Å². The van der Waals surface area contributed by atoms with Gasteiger partial charge in [-0.3, -0.25) is 0 Å². The molecule has 0 saturated heterocycles. The highest BCUT2D eigenvalue weighted by molar-refractivity contribution is 4.82. The molecule has 1 N–H and O–H groups in total. The molecule has 0 aliphatic heterocycles.